The van der Waals surface area contributed by atoms with Gasteiger partial charge < -0.3 is 18.9 Å². The first kappa shape index (κ1) is 28.9. The summed E-state index contributed by atoms with van der Waals surface area (Å²) >= 11 is 1.03. The molecule has 0 saturated heterocycles. The van der Waals surface area contributed by atoms with Gasteiger partial charge in [-0.3, -0.25) is 0 Å². The molecule has 0 radical (unpaired) electrons. The van der Waals surface area contributed by atoms with Crippen molar-refractivity contribution in [3.05, 3.63) is 103 Å². The molecule has 4 rings (SSSR count). The maximum Gasteiger partial charge on any atom is 0.345 e. The summed E-state index contributed by atoms with van der Waals surface area (Å²) in [5.41, 5.74) is 3.58. The minimum atomic E-state index is -0.873. The highest BCUT2D eigenvalue weighted by Gasteiger charge is 2.50. The largest absolute Gasteiger partial charge is 0.466 e. The Labute approximate surface area is 237 Å². The van der Waals surface area contributed by atoms with E-state index in [1.165, 1.54) is 28.4 Å². The Balaban J connectivity index is 2.12. The number of aryl methyl sites for hydroxylation is 2. The number of thioether (sulfide) groups is 1. The van der Waals surface area contributed by atoms with Crippen molar-refractivity contribution in [2.75, 3.05) is 28.4 Å². The topological polar surface area (TPSA) is 105 Å². The van der Waals surface area contributed by atoms with E-state index in [0.29, 0.717) is 10.5 Å². The van der Waals surface area contributed by atoms with E-state index in [2.05, 4.69) is 0 Å². The highest BCUT2D eigenvalue weighted by atomic mass is 32.2. The molecule has 1 aliphatic carbocycles. The zero-order valence-electron chi connectivity index (χ0n) is 23.1. The van der Waals surface area contributed by atoms with E-state index in [9.17, 15) is 19.2 Å². The molecule has 1 heterocycles. The minimum Gasteiger partial charge on any atom is -0.466 e. The molecule has 0 N–H and O–H groups in total. The van der Waals surface area contributed by atoms with E-state index in [1.807, 2.05) is 68.5 Å². The van der Waals surface area contributed by atoms with Crippen molar-refractivity contribution in [3.63, 3.8) is 0 Å². The first-order chi connectivity index (χ1) is 19.2. The van der Waals surface area contributed by atoms with Gasteiger partial charge >= 0.3 is 23.9 Å². The molecule has 1 aliphatic heterocycles. The second-order valence-electron chi connectivity index (χ2n) is 9.46. The molecule has 2 aromatic rings. The number of ether oxygens (including phenoxy) is 4. The van der Waals surface area contributed by atoms with E-state index in [4.69, 9.17) is 18.9 Å². The van der Waals surface area contributed by atoms with Gasteiger partial charge in [-0.2, -0.15) is 0 Å². The zero-order chi connectivity index (χ0) is 29.1. The maximum atomic E-state index is 13.6. The van der Waals surface area contributed by atoms with Crippen LogP contribution >= 0.6 is 11.8 Å². The number of allylic oxidation sites excluding steroid dienone is 2. The number of methoxy groups -OCH3 is 4. The molecule has 208 valence electrons. The second kappa shape index (κ2) is 12.0. The van der Waals surface area contributed by atoms with Crippen molar-refractivity contribution in [1.29, 1.82) is 0 Å². The number of carbonyl (C=O) groups excluding carboxylic acids is 4. The Morgan fingerprint density at radius 2 is 1.02 bits per heavy atom. The average Bonchev–Trinajstić information content (AvgIpc) is 2.98. The van der Waals surface area contributed by atoms with Crippen LogP contribution < -0.4 is 0 Å². The highest BCUT2D eigenvalue weighted by molar-refractivity contribution is 8.07. The molecule has 2 aromatic carbocycles. The predicted molar refractivity (Wildman–Crippen MR) is 149 cm³/mol. The quantitative estimate of drug-likeness (QED) is 0.367. The molecule has 0 fully saturated rings. The fraction of sp³-hybridized carbons (Fsp3) is 0.290. The third-order valence-corrected chi connectivity index (χ3v) is 8.33. The normalized spacial score (nSPS) is 20.2. The van der Waals surface area contributed by atoms with Crippen LogP contribution in [0.25, 0.3) is 0 Å². The van der Waals surface area contributed by atoms with Gasteiger partial charge in [-0.15, -0.1) is 0 Å². The molecule has 2 aliphatic rings. The lowest BCUT2D eigenvalue weighted by atomic mass is 9.69. The standard InChI is InChI=1S/C31H30O8S/c1-16-7-11-18(12-8-16)20-15-21-24(25(29(33)37-4)23(20)28(32)36-3)22(19-13-9-17(2)10-14-19)26(30(34)38-5)27(40-21)31(35)39-6/h7-15,20,22,24H,1-6H3. The van der Waals surface area contributed by atoms with Crippen LogP contribution in [-0.4, -0.2) is 52.3 Å². The molecule has 40 heavy (non-hydrogen) atoms. The lowest BCUT2D eigenvalue weighted by molar-refractivity contribution is -0.140. The van der Waals surface area contributed by atoms with Crippen LogP contribution in [0.2, 0.25) is 0 Å². The van der Waals surface area contributed by atoms with Gasteiger partial charge in [0.25, 0.3) is 0 Å². The number of esters is 4. The van der Waals surface area contributed by atoms with Crippen molar-refractivity contribution in [2.24, 2.45) is 5.92 Å². The lowest BCUT2D eigenvalue weighted by Crippen LogP contribution is -2.36. The van der Waals surface area contributed by atoms with E-state index in [0.717, 1.165) is 28.5 Å². The first-order valence-corrected chi connectivity index (χ1v) is 13.3. The van der Waals surface area contributed by atoms with Gasteiger partial charge in [-0.25, -0.2) is 19.2 Å². The fourth-order valence-corrected chi connectivity index (χ4v) is 6.48. The molecule has 0 spiro atoms. The molecule has 3 unspecified atom stereocenters. The molecule has 0 aromatic heterocycles. The number of carbonyl (C=O) groups is 4. The van der Waals surface area contributed by atoms with E-state index < -0.39 is 41.6 Å². The number of fused-ring (bicyclic) bond motifs is 1. The van der Waals surface area contributed by atoms with E-state index in [-0.39, 0.29) is 21.6 Å². The van der Waals surface area contributed by atoms with Crippen molar-refractivity contribution in [1.82, 2.24) is 0 Å². The lowest BCUT2D eigenvalue weighted by Gasteiger charge is -2.40. The summed E-state index contributed by atoms with van der Waals surface area (Å²) in [7, 11) is 4.93. The Morgan fingerprint density at radius 3 is 1.52 bits per heavy atom. The number of rotatable bonds is 6. The summed E-state index contributed by atoms with van der Waals surface area (Å²) in [6, 6.07) is 14.9. The minimum absolute atomic E-state index is 0.0322. The van der Waals surface area contributed by atoms with Gasteiger partial charge in [-0.05, 0) is 29.9 Å². The average molecular weight is 563 g/mol. The fourth-order valence-electron chi connectivity index (χ4n) is 5.18. The van der Waals surface area contributed by atoms with E-state index in [1.54, 1.807) is 0 Å². The second-order valence-corrected chi connectivity index (χ2v) is 10.5. The molecular formula is C31H30O8S. The Hall–Kier alpha value is -4.11. The van der Waals surface area contributed by atoms with Crippen molar-refractivity contribution >= 4 is 35.6 Å². The third kappa shape index (κ3) is 5.21. The van der Waals surface area contributed by atoms with Crippen LogP contribution in [0.15, 0.2) is 81.1 Å². The van der Waals surface area contributed by atoms with Gasteiger partial charge in [-0.1, -0.05) is 77.5 Å². The van der Waals surface area contributed by atoms with Crippen LogP contribution in [0.5, 0.6) is 0 Å². The van der Waals surface area contributed by atoms with Gasteiger partial charge in [0.2, 0.25) is 0 Å². The Morgan fingerprint density at radius 1 is 0.575 bits per heavy atom. The van der Waals surface area contributed by atoms with Gasteiger partial charge in [0, 0.05) is 17.8 Å². The highest BCUT2D eigenvalue weighted by Crippen LogP contribution is 2.57. The zero-order valence-corrected chi connectivity index (χ0v) is 23.9. The molecule has 9 heteroatoms. The van der Waals surface area contributed by atoms with Crippen LogP contribution in [0.1, 0.15) is 34.1 Å². The monoisotopic (exact) mass is 562 g/mol. The van der Waals surface area contributed by atoms with Crippen molar-refractivity contribution in [3.8, 4) is 0 Å². The summed E-state index contributed by atoms with van der Waals surface area (Å²) in [5.74, 6) is -5.30. The SMILES string of the molecule is COC(=O)C1=C(C(=O)OC)C(c2ccc(C)cc2)C2C(=CC(c3ccc(C)cc3)C(C(=O)OC)=C2C(=O)OC)S1. The summed E-state index contributed by atoms with van der Waals surface area (Å²) in [4.78, 5) is 54.0. The molecule has 3 atom stereocenters. The van der Waals surface area contributed by atoms with Gasteiger partial charge in [0.1, 0.15) is 4.91 Å². The van der Waals surface area contributed by atoms with Crippen molar-refractivity contribution in [2.45, 2.75) is 25.7 Å². The van der Waals surface area contributed by atoms with Crippen LogP contribution in [-0.2, 0) is 38.1 Å². The summed E-state index contributed by atoms with van der Waals surface area (Å²) in [6.07, 6.45) is 1.84. The number of hydrogen-bond acceptors (Lipinski definition) is 9. The van der Waals surface area contributed by atoms with E-state index >= 15 is 0 Å². The molecule has 8 nitrogen and oxygen atoms in total. The molecule has 0 saturated carbocycles. The third-order valence-electron chi connectivity index (χ3n) is 7.12. The summed E-state index contributed by atoms with van der Waals surface area (Å²) in [5, 5.41) is 0. The summed E-state index contributed by atoms with van der Waals surface area (Å²) < 4.78 is 20.6. The van der Waals surface area contributed by atoms with Gasteiger partial charge in [0.05, 0.1) is 45.2 Å². The molecule has 0 amide bonds. The van der Waals surface area contributed by atoms with Crippen LogP contribution in [0.3, 0.4) is 0 Å². The Bertz CT molecular complexity index is 1450. The maximum absolute atomic E-state index is 13.6. The smallest absolute Gasteiger partial charge is 0.345 e. The Kier molecular flexibility index (Phi) is 8.64. The predicted octanol–water partition coefficient (Wildman–Crippen LogP) is 4.67. The molecule has 0 bridgehead atoms. The van der Waals surface area contributed by atoms with Crippen LogP contribution in [0, 0.1) is 19.8 Å². The first-order valence-electron chi connectivity index (χ1n) is 12.5. The van der Waals surface area contributed by atoms with Crippen LogP contribution in [0.4, 0.5) is 0 Å². The number of hydrogen-bond donors (Lipinski definition) is 0. The summed E-state index contributed by atoms with van der Waals surface area (Å²) in [6.45, 7) is 3.87. The number of benzene rings is 2. The molecular weight excluding hydrogens is 532 g/mol. The van der Waals surface area contributed by atoms with Crippen molar-refractivity contribution < 1.29 is 38.1 Å². The van der Waals surface area contributed by atoms with Gasteiger partial charge in [0.15, 0.2) is 0 Å².